The number of nitrogens with zero attached hydrogens (tertiary/aromatic N) is 2. The Labute approximate surface area is 71.3 Å². The number of benzene rings is 1. The molecule has 1 aromatic carbocycles. The molecule has 1 heterocycles. The Morgan fingerprint density at radius 1 is 1.25 bits per heavy atom. The van der Waals surface area contributed by atoms with Gasteiger partial charge in [0, 0.05) is 0 Å². The summed E-state index contributed by atoms with van der Waals surface area (Å²) in [6.07, 6.45) is 2.84. The van der Waals surface area contributed by atoms with Gasteiger partial charge in [-0.1, -0.05) is 12.1 Å². The van der Waals surface area contributed by atoms with Crippen molar-refractivity contribution < 1.29 is 0 Å². The van der Waals surface area contributed by atoms with E-state index in [9.17, 15) is 0 Å². The fraction of sp³-hybridized carbons (Fsp3) is 0.200. The maximum Gasteiger partial charge on any atom is 0.112 e. The Kier molecular flexibility index (Phi) is 1.54. The van der Waals surface area contributed by atoms with Crippen LogP contribution in [0.4, 0.5) is 0 Å². The molecule has 0 amide bonds. The summed E-state index contributed by atoms with van der Waals surface area (Å²) in [6, 6.07) is 5.97. The highest BCUT2D eigenvalue weighted by Crippen LogP contribution is 2.12. The lowest BCUT2D eigenvalue weighted by molar-refractivity contribution is 1.16. The van der Waals surface area contributed by atoms with E-state index in [2.05, 4.69) is 16.2 Å². The van der Waals surface area contributed by atoms with Crippen LogP contribution in [0.2, 0.25) is 0 Å². The minimum atomic E-state index is 0.844. The minimum absolute atomic E-state index is 0.844. The smallest absolute Gasteiger partial charge is 0.112 e. The summed E-state index contributed by atoms with van der Waals surface area (Å²) in [7, 11) is 0. The van der Waals surface area contributed by atoms with Crippen LogP contribution in [0, 0.1) is 20.0 Å². The van der Waals surface area contributed by atoms with Gasteiger partial charge in [-0.3, -0.25) is 0 Å². The zero-order chi connectivity index (χ0) is 8.55. The molecule has 1 radical (unpaired) electrons. The average Bonchev–Trinajstić information content (AvgIpc) is 2.07. The Morgan fingerprint density at radius 3 is 2.92 bits per heavy atom. The second kappa shape index (κ2) is 2.55. The lowest BCUT2D eigenvalue weighted by Crippen LogP contribution is -1.89. The molecule has 2 aromatic rings. The Balaban J connectivity index is 2.88. The molecule has 0 atom stereocenters. The van der Waals surface area contributed by atoms with E-state index in [1.165, 1.54) is 0 Å². The van der Waals surface area contributed by atoms with Crippen LogP contribution in [0.25, 0.3) is 11.0 Å². The van der Waals surface area contributed by atoms with E-state index < -0.39 is 0 Å². The topological polar surface area (TPSA) is 25.8 Å². The van der Waals surface area contributed by atoms with Crippen molar-refractivity contribution in [3.8, 4) is 0 Å². The van der Waals surface area contributed by atoms with Gasteiger partial charge in [0.15, 0.2) is 0 Å². The number of fused-ring (bicyclic) bond motifs is 1. The average molecular weight is 157 g/mol. The summed E-state index contributed by atoms with van der Waals surface area (Å²) in [5, 5.41) is 0. The quantitative estimate of drug-likeness (QED) is 0.585. The predicted molar refractivity (Wildman–Crippen MR) is 47.8 cm³/mol. The summed E-state index contributed by atoms with van der Waals surface area (Å²) in [5.41, 5.74) is 3.91. The Morgan fingerprint density at radius 2 is 2.08 bits per heavy atom. The highest BCUT2D eigenvalue weighted by Gasteiger charge is 1.98. The summed E-state index contributed by atoms with van der Waals surface area (Å²) in [6.45, 7) is 3.94. The summed E-state index contributed by atoms with van der Waals surface area (Å²) in [4.78, 5) is 8.51. The van der Waals surface area contributed by atoms with Gasteiger partial charge in [0.2, 0.25) is 0 Å². The molecule has 2 heteroatoms. The SMILES string of the molecule is Cc1[c]nc2cccc(C)c2n1. The van der Waals surface area contributed by atoms with E-state index >= 15 is 0 Å². The van der Waals surface area contributed by atoms with Gasteiger partial charge in [0.1, 0.15) is 6.20 Å². The van der Waals surface area contributed by atoms with Crippen molar-refractivity contribution in [2.75, 3.05) is 0 Å². The third-order valence-corrected chi connectivity index (χ3v) is 1.83. The molecule has 0 aliphatic carbocycles. The van der Waals surface area contributed by atoms with Crippen LogP contribution < -0.4 is 0 Å². The lowest BCUT2D eigenvalue weighted by atomic mass is 10.2. The minimum Gasteiger partial charge on any atom is -0.249 e. The molecule has 0 saturated carbocycles. The highest BCUT2D eigenvalue weighted by molar-refractivity contribution is 5.77. The first kappa shape index (κ1) is 7.22. The van der Waals surface area contributed by atoms with Crippen LogP contribution in [0.3, 0.4) is 0 Å². The molecule has 1 aromatic heterocycles. The Bertz CT molecular complexity index is 421. The van der Waals surface area contributed by atoms with Crippen LogP contribution >= 0.6 is 0 Å². The van der Waals surface area contributed by atoms with Gasteiger partial charge in [-0.15, -0.1) is 0 Å². The number of hydrogen-bond donors (Lipinski definition) is 0. The molecule has 2 nitrogen and oxygen atoms in total. The molecule has 0 unspecified atom stereocenters. The molecule has 0 saturated heterocycles. The van der Waals surface area contributed by atoms with Gasteiger partial charge in [0.05, 0.1) is 16.7 Å². The summed E-state index contributed by atoms with van der Waals surface area (Å²) >= 11 is 0. The molecule has 0 N–H and O–H groups in total. The molecule has 0 fully saturated rings. The maximum absolute atomic E-state index is 4.36. The number of hydrogen-bond acceptors (Lipinski definition) is 2. The van der Waals surface area contributed by atoms with Crippen molar-refractivity contribution in [3.63, 3.8) is 0 Å². The molecule has 0 spiro atoms. The van der Waals surface area contributed by atoms with Crippen LogP contribution in [-0.2, 0) is 0 Å². The molecule has 59 valence electrons. The third kappa shape index (κ3) is 1.05. The molecular weight excluding hydrogens is 148 g/mol. The zero-order valence-corrected chi connectivity index (χ0v) is 7.13. The van der Waals surface area contributed by atoms with Crippen molar-refractivity contribution in [1.29, 1.82) is 0 Å². The number of rotatable bonds is 0. The van der Waals surface area contributed by atoms with Crippen LogP contribution in [0.15, 0.2) is 18.2 Å². The van der Waals surface area contributed by atoms with Gasteiger partial charge in [0.25, 0.3) is 0 Å². The van der Waals surface area contributed by atoms with Gasteiger partial charge >= 0.3 is 0 Å². The van der Waals surface area contributed by atoms with Gasteiger partial charge in [-0.25, -0.2) is 9.97 Å². The number of para-hydroxylation sites is 1. The molecule has 0 aliphatic heterocycles. The van der Waals surface area contributed by atoms with E-state index in [0.717, 1.165) is 22.3 Å². The fourth-order valence-corrected chi connectivity index (χ4v) is 1.21. The zero-order valence-electron chi connectivity index (χ0n) is 7.13. The second-order valence-corrected chi connectivity index (χ2v) is 2.86. The van der Waals surface area contributed by atoms with Crippen molar-refractivity contribution in [2.24, 2.45) is 0 Å². The van der Waals surface area contributed by atoms with Crippen molar-refractivity contribution in [1.82, 2.24) is 9.97 Å². The number of aromatic nitrogens is 2. The maximum atomic E-state index is 4.36. The highest BCUT2D eigenvalue weighted by atomic mass is 14.8. The predicted octanol–water partition coefficient (Wildman–Crippen LogP) is 2.05. The standard InChI is InChI=1S/C10H9N2/c1-7-4-3-5-9-10(7)12-8(2)6-11-9/h3-5H,1-2H3. The van der Waals surface area contributed by atoms with E-state index in [1.54, 1.807) is 0 Å². The lowest BCUT2D eigenvalue weighted by Gasteiger charge is -1.99. The van der Waals surface area contributed by atoms with Crippen LogP contribution in [0.1, 0.15) is 11.3 Å². The van der Waals surface area contributed by atoms with E-state index in [1.807, 2.05) is 32.0 Å². The molecule has 2 rings (SSSR count). The molecular formula is C10H9N2. The summed E-state index contributed by atoms with van der Waals surface area (Å²) in [5.74, 6) is 0. The van der Waals surface area contributed by atoms with Crippen molar-refractivity contribution >= 4 is 11.0 Å². The van der Waals surface area contributed by atoms with E-state index in [-0.39, 0.29) is 0 Å². The number of aryl methyl sites for hydroxylation is 2. The Hall–Kier alpha value is -1.44. The molecule has 12 heavy (non-hydrogen) atoms. The first-order valence-corrected chi connectivity index (χ1v) is 3.89. The normalized spacial score (nSPS) is 10.5. The molecule has 0 bridgehead atoms. The second-order valence-electron chi connectivity index (χ2n) is 2.86. The molecule has 0 aliphatic rings. The summed E-state index contributed by atoms with van der Waals surface area (Å²) < 4.78 is 0. The first-order chi connectivity index (χ1) is 5.77. The fourth-order valence-electron chi connectivity index (χ4n) is 1.21. The van der Waals surface area contributed by atoms with Crippen molar-refractivity contribution in [2.45, 2.75) is 13.8 Å². The monoisotopic (exact) mass is 157 g/mol. The van der Waals surface area contributed by atoms with Crippen LogP contribution in [-0.4, -0.2) is 9.97 Å². The first-order valence-electron chi connectivity index (χ1n) is 3.89. The van der Waals surface area contributed by atoms with Gasteiger partial charge in [-0.2, -0.15) is 0 Å². The van der Waals surface area contributed by atoms with Crippen LogP contribution in [0.5, 0.6) is 0 Å². The largest absolute Gasteiger partial charge is 0.249 e. The third-order valence-electron chi connectivity index (χ3n) is 1.83. The van der Waals surface area contributed by atoms with Gasteiger partial charge < -0.3 is 0 Å². The van der Waals surface area contributed by atoms with E-state index in [0.29, 0.717) is 0 Å². The van der Waals surface area contributed by atoms with Gasteiger partial charge in [-0.05, 0) is 25.5 Å². The van der Waals surface area contributed by atoms with Crippen molar-refractivity contribution in [3.05, 3.63) is 35.7 Å². The van der Waals surface area contributed by atoms with E-state index in [4.69, 9.17) is 0 Å².